The van der Waals surface area contributed by atoms with Gasteiger partial charge in [0.25, 0.3) is 0 Å². The number of rotatable bonds is 3. The van der Waals surface area contributed by atoms with Gasteiger partial charge in [0.15, 0.2) is 0 Å². The van der Waals surface area contributed by atoms with Gasteiger partial charge in [0.2, 0.25) is 0 Å². The van der Waals surface area contributed by atoms with Crippen LogP contribution in [0.5, 0.6) is 0 Å². The minimum Gasteiger partial charge on any atom is -0.300 e. The second-order valence-corrected chi connectivity index (χ2v) is 3.73. The van der Waals surface area contributed by atoms with E-state index in [1.807, 2.05) is 30.3 Å². The van der Waals surface area contributed by atoms with E-state index in [9.17, 15) is 4.79 Å². The number of terminal acetylenes is 2. The number of carbonyl (C=O) groups is 1. The maximum Gasteiger partial charge on any atom is 0.130 e. The zero-order valence-electron chi connectivity index (χ0n) is 11.9. The van der Waals surface area contributed by atoms with Crippen LogP contribution < -0.4 is 0 Å². The number of hydrogen-bond donors (Lipinski definition) is 0. The molecule has 0 atom stereocenters. The molecule has 1 aromatic carbocycles. The number of hydrogen-bond acceptors (Lipinski definition) is 1. The Labute approximate surface area is 127 Å². The fraction of sp³-hybridized carbons (Fsp3) is 0.150. The van der Waals surface area contributed by atoms with Gasteiger partial charge in [-0.05, 0) is 66.3 Å². The standard InChI is InChI=1S/C10H12O.C10H2/c1-9(11)7-8-10-5-3-2-4-6-10;1-3-5-7-9-10-8-6-4-2/h2-6H,7-8H2,1H3;1-2H. The van der Waals surface area contributed by atoms with E-state index < -0.39 is 0 Å². The Hall–Kier alpha value is -3.31. The average Bonchev–Trinajstić information content (AvgIpc) is 2.50. The number of Topliss-reactive ketones (excluding diaryl/α,β-unsaturated/α-hetero) is 1. The van der Waals surface area contributed by atoms with Crippen molar-refractivity contribution in [2.45, 2.75) is 19.8 Å². The minimum atomic E-state index is 0.258. The molecule has 1 heteroatoms. The molecular formula is C20H14O. The van der Waals surface area contributed by atoms with Crippen molar-refractivity contribution in [3.63, 3.8) is 0 Å². The average molecular weight is 270 g/mol. The Balaban J connectivity index is 0.000000384. The lowest BCUT2D eigenvalue weighted by molar-refractivity contribution is -0.116. The van der Waals surface area contributed by atoms with Crippen LogP contribution in [0.4, 0.5) is 0 Å². The first-order chi connectivity index (χ1) is 10.2. The van der Waals surface area contributed by atoms with E-state index in [0.29, 0.717) is 6.42 Å². The van der Waals surface area contributed by atoms with Gasteiger partial charge < -0.3 is 4.79 Å². The molecule has 21 heavy (non-hydrogen) atoms. The number of aryl methyl sites for hydroxylation is 1. The van der Waals surface area contributed by atoms with Crippen molar-refractivity contribution in [1.29, 1.82) is 0 Å². The first-order valence-corrected chi connectivity index (χ1v) is 6.15. The van der Waals surface area contributed by atoms with Crippen molar-refractivity contribution in [3.8, 4) is 60.2 Å². The smallest absolute Gasteiger partial charge is 0.130 e. The highest BCUT2D eigenvalue weighted by Gasteiger charge is 1.94. The van der Waals surface area contributed by atoms with Gasteiger partial charge in [0.05, 0.1) is 0 Å². The van der Waals surface area contributed by atoms with Gasteiger partial charge in [-0.3, -0.25) is 0 Å². The third-order valence-electron chi connectivity index (χ3n) is 2.07. The van der Waals surface area contributed by atoms with Gasteiger partial charge in [-0.1, -0.05) is 30.3 Å². The Morgan fingerprint density at radius 1 is 0.905 bits per heavy atom. The van der Waals surface area contributed by atoms with Crippen LogP contribution in [0, 0.1) is 60.2 Å². The molecule has 1 aromatic rings. The van der Waals surface area contributed by atoms with Gasteiger partial charge in [-0.2, -0.15) is 0 Å². The number of carbonyl (C=O) groups excluding carboxylic acids is 1. The van der Waals surface area contributed by atoms with E-state index in [1.54, 1.807) is 6.92 Å². The predicted molar refractivity (Wildman–Crippen MR) is 86.4 cm³/mol. The molecule has 0 aliphatic rings. The van der Waals surface area contributed by atoms with Crippen LogP contribution in [0.3, 0.4) is 0 Å². The molecule has 0 aliphatic heterocycles. The quantitative estimate of drug-likeness (QED) is 0.771. The second kappa shape index (κ2) is 13.1. The molecule has 0 saturated carbocycles. The molecule has 0 spiro atoms. The highest BCUT2D eigenvalue weighted by molar-refractivity contribution is 5.75. The third kappa shape index (κ3) is 12.9. The molecule has 1 nitrogen and oxygen atoms in total. The van der Waals surface area contributed by atoms with Crippen molar-refractivity contribution < 1.29 is 4.79 Å². The molecule has 0 bridgehead atoms. The first-order valence-electron chi connectivity index (χ1n) is 6.15. The third-order valence-corrected chi connectivity index (χ3v) is 2.07. The van der Waals surface area contributed by atoms with Crippen LogP contribution in [0.25, 0.3) is 0 Å². The fourth-order valence-corrected chi connectivity index (χ4v) is 1.16. The fourth-order valence-electron chi connectivity index (χ4n) is 1.16. The lowest BCUT2D eigenvalue weighted by Gasteiger charge is -1.96. The summed E-state index contributed by atoms with van der Waals surface area (Å²) in [7, 11) is 0. The molecule has 0 amide bonds. The molecular weight excluding hydrogens is 256 g/mol. The van der Waals surface area contributed by atoms with Crippen molar-refractivity contribution in [1.82, 2.24) is 0 Å². The van der Waals surface area contributed by atoms with Gasteiger partial charge in [-0.25, -0.2) is 0 Å². The molecule has 1 rings (SSSR count). The van der Waals surface area contributed by atoms with E-state index >= 15 is 0 Å². The molecule has 0 heterocycles. The topological polar surface area (TPSA) is 17.1 Å². The molecule has 0 aliphatic carbocycles. The van der Waals surface area contributed by atoms with E-state index in [0.717, 1.165) is 6.42 Å². The van der Waals surface area contributed by atoms with E-state index in [-0.39, 0.29) is 5.78 Å². The summed E-state index contributed by atoms with van der Waals surface area (Å²) in [5, 5.41) is 0. The van der Waals surface area contributed by atoms with Crippen LogP contribution in [-0.4, -0.2) is 5.78 Å². The van der Waals surface area contributed by atoms with Crippen LogP contribution in [0.1, 0.15) is 18.9 Å². The van der Waals surface area contributed by atoms with Crippen LogP contribution >= 0.6 is 0 Å². The van der Waals surface area contributed by atoms with Gasteiger partial charge in [0, 0.05) is 6.42 Å². The zero-order valence-corrected chi connectivity index (χ0v) is 11.9. The predicted octanol–water partition coefficient (Wildman–Crippen LogP) is 2.47. The summed E-state index contributed by atoms with van der Waals surface area (Å²) in [4.78, 5) is 10.6. The van der Waals surface area contributed by atoms with Gasteiger partial charge >= 0.3 is 0 Å². The molecule has 0 aromatic heterocycles. The summed E-state index contributed by atoms with van der Waals surface area (Å²) >= 11 is 0. The van der Waals surface area contributed by atoms with Crippen molar-refractivity contribution in [2.24, 2.45) is 0 Å². The Kier molecular flexibility index (Phi) is 11.1. The summed E-state index contributed by atoms with van der Waals surface area (Å²) in [6, 6.07) is 10.1. The molecule has 0 fully saturated rings. The number of benzene rings is 1. The SMILES string of the molecule is C#CC#CC#CC#CC#C.CC(=O)CCc1ccccc1. The molecule has 0 N–H and O–H groups in total. The maximum absolute atomic E-state index is 10.6. The van der Waals surface area contributed by atoms with E-state index in [1.165, 1.54) is 5.56 Å². The highest BCUT2D eigenvalue weighted by Crippen LogP contribution is 2.01. The van der Waals surface area contributed by atoms with Crippen molar-refractivity contribution in [2.75, 3.05) is 0 Å². The molecule has 0 radical (unpaired) electrons. The second-order valence-electron chi connectivity index (χ2n) is 3.73. The normalized spacial score (nSPS) is 6.62. The highest BCUT2D eigenvalue weighted by atomic mass is 16.1. The van der Waals surface area contributed by atoms with Crippen molar-refractivity contribution in [3.05, 3.63) is 35.9 Å². The minimum absolute atomic E-state index is 0.258. The van der Waals surface area contributed by atoms with Gasteiger partial charge in [0.1, 0.15) is 5.78 Å². The Morgan fingerprint density at radius 3 is 1.81 bits per heavy atom. The first kappa shape index (κ1) is 17.7. The van der Waals surface area contributed by atoms with Crippen LogP contribution in [-0.2, 0) is 11.2 Å². The summed E-state index contributed by atoms with van der Waals surface area (Å²) in [5.41, 5.74) is 1.24. The Bertz CT molecular complexity index is 669. The van der Waals surface area contributed by atoms with Crippen LogP contribution in [0.15, 0.2) is 30.3 Å². The monoisotopic (exact) mass is 270 g/mol. The zero-order chi connectivity index (χ0) is 15.8. The molecule has 100 valence electrons. The van der Waals surface area contributed by atoms with E-state index in [2.05, 4.69) is 47.4 Å². The summed E-state index contributed by atoms with van der Waals surface area (Å²) in [6.45, 7) is 1.63. The Morgan fingerprint density at radius 2 is 1.38 bits per heavy atom. The summed E-state index contributed by atoms with van der Waals surface area (Å²) < 4.78 is 0. The summed E-state index contributed by atoms with van der Waals surface area (Å²) in [5.74, 6) is 18.6. The lowest BCUT2D eigenvalue weighted by atomic mass is 10.1. The van der Waals surface area contributed by atoms with Crippen LogP contribution in [0.2, 0.25) is 0 Å². The largest absolute Gasteiger partial charge is 0.300 e. The summed E-state index contributed by atoms with van der Waals surface area (Å²) in [6.07, 6.45) is 11.1. The maximum atomic E-state index is 10.6. The lowest BCUT2D eigenvalue weighted by Crippen LogP contribution is -1.92. The van der Waals surface area contributed by atoms with E-state index in [4.69, 9.17) is 12.8 Å². The molecule has 0 unspecified atom stereocenters. The number of ketones is 1. The molecule has 0 saturated heterocycles. The van der Waals surface area contributed by atoms with Gasteiger partial charge in [-0.15, -0.1) is 12.8 Å². The van der Waals surface area contributed by atoms with Crippen molar-refractivity contribution >= 4 is 5.78 Å².